The second kappa shape index (κ2) is 8.35. The van der Waals surface area contributed by atoms with E-state index in [-0.39, 0.29) is 31.7 Å². The number of hydrogen-bond donors (Lipinski definition) is 0. The molecule has 5 rings (SSSR count). The maximum Gasteiger partial charge on any atom is 0.317 e. The number of hydrogen-bond acceptors (Lipinski definition) is 5. The van der Waals surface area contributed by atoms with Crippen molar-refractivity contribution in [2.24, 2.45) is 5.41 Å². The van der Waals surface area contributed by atoms with E-state index in [0.717, 1.165) is 16.4 Å². The predicted octanol–water partition coefficient (Wildman–Crippen LogP) is 3.48. The third-order valence-electron chi connectivity index (χ3n) is 6.56. The van der Waals surface area contributed by atoms with Gasteiger partial charge in [-0.25, -0.2) is 26.3 Å². The van der Waals surface area contributed by atoms with E-state index in [1.807, 2.05) is 0 Å². The lowest BCUT2D eigenvalue weighted by atomic mass is 9.69. The van der Waals surface area contributed by atoms with Gasteiger partial charge in [-0.15, -0.1) is 0 Å². The molecule has 1 aromatic heterocycles. The zero-order chi connectivity index (χ0) is 25.0. The number of nitrogens with zero attached hydrogens (tertiary/aromatic N) is 3. The van der Waals surface area contributed by atoms with Gasteiger partial charge in [-0.05, 0) is 72.5 Å². The molecule has 1 saturated heterocycles. The second-order valence-electron chi connectivity index (χ2n) is 8.53. The SMILES string of the molecule is COC(=O)C12Cc3cnn(-c4ccc(F)cc4)c3C=C1CCN(S(=O)(=O)c1ccc(F)c(F)c1)C2. The average molecular weight is 504 g/mol. The van der Waals surface area contributed by atoms with Crippen LogP contribution in [-0.4, -0.2) is 48.7 Å². The number of halogens is 3. The van der Waals surface area contributed by atoms with Gasteiger partial charge in [0.1, 0.15) is 11.2 Å². The van der Waals surface area contributed by atoms with E-state index in [1.165, 1.54) is 19.2 Å². The number of sulfonamides is 1. The lowest BCUT2D eigenvalue weighted by Crippen LogP contribution is -2.53. The van der Waals surface area contributed by atoms with Crippen molar-refractivity contribution in [1.82, 2.24) is 14.1 Å². The Morgan fingerprint density at radius 3 is 2.51 bits per heavy atom. The molecule has 2 aromatic carbocycles. The highest BCUT2D eigenvalue weighted by atomic mass is 32.2. The van der Waals surface area contributed by atoms with Crippen LogP contribution in [0.4, 0.5) is 13.2 Å². The zero-order valence-corrected chi connectivity index (χ0v) is 19.4. The molecule has 0 saturated carbocycles. The smallest absolute Gasteiger partial charge is 0.317 e. The van der Waals surface area contributed by atoms with Crippen LogP contribution in [-0.2, 0) is 26.0 Å². The maximum atomic E-state index is 13.8. The standard InChI is InChI=1S/C24H20F3N3O4S/c1-34-23(31)24-12-15-13-28-30(18-4-2-17(25)3-5-18)22(15)10-16(24)8-9-29(14-24)35(32,33)19-6-7-20(26)21(27)11-19/h2-7,10-11,13H,8-9,12,14H2,1H3. The average Bonchev–Trinajstić information content (AvgIpc) is 3.25. The van der Waals surface area contributed by atoms with Crippen molar-refractivity contribution in [3.63, 3.8) is 0 Å². The molecule has 1 aliphatic carbocycles. The van der Waals surface area contributed by atoms with Gasteiger partial charge in [0, 0.05) is 13.1 Å². The molecular formula is C24H20F3N3O4S. The first-order chi connectivity index (χ1) is 16.7. The number of methoxy groups -OCH3 is 1. The number of benzene rings is 2. The van der Waals surface area contributed by atoms with Crippen molar-refractivity contribution in [3.05, 3.63) is 82.9 Å². The van der Waals surface area contributed by atoms with Crippen molar-refractivity contribution in [2.75, 3.05) is 20.2 Å². The van der Waals surface area contributed by atoms with Gasteiger partial charge >= 0.3 is 5.97 Å². The fourth-order valence-corrected chi connectivity index (χ4v) is 6.27. The maximum absolute atomic E-state index is 13.8. The highest BCUT2D eigenvalue weighted by molar-refractivity contribution is 7.89. The summed E-state index contributed by atoms with van der Waals surface area (Å²) in [5, 5.41) is 4.39. The summed E-state index contributed by atoms with van der Waals surface area (Å²) in [5.74, 6) is -3.42. The van der Waals surface area contributed by atoms with E-state index in [1.54, 1.807) is 29.1 Å². The lowest BCUT2D eigenvalue weighted by molar-refractivity contribution is -0.151. The zero-order valence-electron chi connectivity index (χ0n) is 18.5. The number of piperidine rings is 1. The summed E-state index contributed by atoms with van der Waals surface area (Å²) < 4.78 is 74.9. The van der Waals surface area contributed by atoms with E-state index in [9.17, 15) is 26.4 Å². The quantitative estimate of drug-likeness (QED) is 0.510. The minimum Gasteiger partial charge on any atom is -0.468 e. The Labute approximate surface area is 199 Å². The molecule has 0 spiro atoms. The highest BCUT2D eigenvalue weighted by Crippen LogP contribution is 2.46. The number of rotatable bonds is 4. The molecule has 11 heteroatoms. The van der Waals surface area contributed by atoms with Gasteiger partial charge in [-0.1, -0.05) is 0 Å². The van der Waals surface area contributed by atoms with Crippen LogP contribution in [0.1, 0.15) is 17.7 Å². The molecule has 0 radical (unpaired) electrons. The molecular weight excluding hydrogens is 483 g/mol. The summed E-state index contributed by atoms with van der Waals surface area (Å²) in [7, 11) is -2.98. The van der Waals surface area contributed by atoms with Crippen LogP contribution < -0.4 is 0 Å². The van der Waals surface area contributed by atoms with Gasteiger partial charge in [-0.2, -0.15) is 9.40 Å². The van der Waals surface area contributed by atoms with Gasteiger partial charge < -0.3 is 4.74 Å². The molecule has 1 atom stereocenters. The summed E-state index contributed by atoms with van der Waals surface area (Å²) in [4.78, 5) is 12.7. The fraction of sp³-hybridized carbons (Fsp3) is 0.250. The number of ether oxygens (including phenoxy) is 1. The Hall–Kier alpha value is -3.44. The van der Waals surface area contributed by atoms with Crippen molar-refractivity contribution in [1.29, 1.82) is 0 Å². The van der Waals surface area contributed by atoms with Crippen molar-refractivity contribution in [3.8, 4) is 5.69 Å². The number of aromatic nitrogens is 2. The Morgan fingerprint density at radius 2 is 1.83 bits per heavy atom. The normalized spacial score (nSPS) is 20.1. The molecule has 0 N–H and O–H groups in total. The van der Waals surface area contributed by atoms with Gasteiger partial charge in [0.25, 0.3) is 0 Å². The second-order valence-corrected chi connectivity index (χ2v) is 10.5. The minimum atomic E-state index is -4.22. The highest BCUT2D eigenvalue weighted by Gasteiger charge is 2.51. The Morgan fingerprint density at radius 1 is 1.09 bits per heavy atom. The Bertz CT molecular complexity index is 1470. The molecule has 2 heterocycles. The fourth-order valence-electron chi connectivity index (χ4n) is 4.76. The first-order valence-electron chi connectivity index (χ1n) is 10.7. The summed E-state index contributed by atoms with van der Waals surface area (Å²) >= 11 is 0. The Kier molecular flexibility index (Phi) is 5.56. The lowest BCUT2D eigenvalue weighted by Gasteiger charge is -2.43. The van der Waals surface area contributed by atoms with Crippen LogP contribution in [0.5, 0.6) is 0 Å². The molecule has 35 heavy (non-hydrogen) atoms. The number of carbonyl (C=O) groups is 1. The first kappa shape index (κ1) is 23.3. The van der Waals surface area contributed by atoms with E-state index in [2.05, 4.69) is 5.10 Å². The molecule has 7 nitrogen and oxygen atoms in total. The molecule has 0 bridgehead atoms. The topological polar surface area (TPSA) is 81.5 Å². The van der Waals surface area contributed by atoms with E-state index in [4.69, 9.17) is 4.74 Å². The van der Waals surface area contributed by atoms with Crippen LogP contribution >= 0.6 is 0 Å². The third-order valence-corrected chi connectivity index (χ3v) is 8.40. The summed E-state index contributed by atoms with van der Waals surface area (Å²) in [6.45, 7) is -0.195. The Balaban J connectivity index is 1.54. The van der Waals surface area contributed by atoms with Crippen molar-refractivity contribution >= 4 is 22.1 Å². The van der Waals surface area contributed by atoms with Crippen LogP contribution in [0.3, 0.4) is 0 Å². The van der Waals surface area contributed by atoms with E-state index < -0.39 is 37.9 Å². The predicted molar refractivity (Wildman–Crippen MR) is 119 cm³/mol. The summed E-state index contributed by atoms with van der Waals surface area (Å²) in [5.41, 5.74) is 1.41. The monoisotopic (exact) mass is 503 g/mol. The molecule has 3 aromatic rings. The molecule has 1 unspecified atom stereocenters. The van der Waals surface area contributed by atoms with Crippen LogP contribution in [0.2, 0.25) is 0 Å². The largest absolute Gasteiger partial charge is 0.468 e. The molecule has 2 aliphatic rings. The van der Waals surface area contributed by atoms with Gasteiger partial charge in [0.05, 0.1) is 29.6 Å². The molecule has 1 fully saturated rings. The first-order valence-corrected chi connectivity index (χ1v) is 12.2. The van der Waals surface area contributed by atoms with Crippen molar-refractivity contribution < 1.29 is 31.1 Å². The van der Waals surface area contributed by atoms with Crippen molar-refractivity contribution in [2.45, 2.75) is 17.7 Å². The number of carbonyl (C=O) groups excluding carboxylic acids is 1. The van der Waals surface area contributed by atoms with E-state index >= 15 is 0 Å². The van der Waals surface area contributed by atoms with E-state index in [0.29, 0.717) is 28.6 Å². The van der Waals surface area contributed by atoms with Crippen LogP contribution in [0, 0.1) is 22.9 Å². The molecule has 0 amide bonds. The number of fused-ring (bicyclic) bond motifs is 2. The summed E-state index contributed by atoms with van der Waals surface area (Å²) in [6.07, 6.45) is 3.73. The number of esters is 1. The van der Waals surface area contributed by atoms with Gasteiger partial charge in [-0.3, -0.25) is 4.79 Å². The molecule has 1 aliphatic heterocycles. The summed E-state index contributed by atoms with van der Waals surface area (Å²) in [6, 6.07) is 8.19. The van der Waals surface area contributed by atoms with Gasteiger partial charge in [0.15, 0.2) is 11.6 Å². The minimum absolute atomic E-state index is 0.0337. The third kappa shape index (κ3) is 3.75. The van der Waals surface area contributed by atoms with Gasteiger partial charge in [0.2, 0.25) is 10.0 Å². The molecule has 182 valence electrons. The van der Waals surface area contributed by atoms with Crippen LogP contribution in [0.15, 0.2) is 59.1 Å². The van der Waals surface area contributed by atoms with Crippen LogP contribution in [0.25, 0.3) is 11.8 Å².